The molecule has 1 aliphatic rings. The van der Waals surface area contributed by atoms with Gasteiger partial charge in [-0.1, -0.05) is 56.3 Å². The molecule has 1 aliphatic heterocycles. The van der Waals surface area contributed by atoms with Crippen LogP contribution in [0, 0.1) is 11.8 Å². The van der Waals surface area contributed by atoms with E-state index in [0.717, 1.165) is 31.0 Å². The Labute approximate surface area is 182 Å². The summed E-state index contributed by atoms with van der Waals surface area (Å²) in [5.74, 6) is 2.21. The van der Waals surface area contributed by atoms with Gasteiger partial charge < -0.3 is 9.47 Å². The molecule has 1 fully saturated rings. The van der Waals surface area contributed by atoms with Crippen LogP contribution in [0.2, 0.25) is 0 Å². The zero-order chi connectivity index (χ0) is 22.1. The van der Waals surface area contributed by atoms with Crippen LogP contribution in [-0.2, 0) is 27.2 Å². The molecular weight excluding hydrogens is 390 g/mol. The van der Waals surface area contributed by atoms with E-state index >= 15 is 0 Å². The van der Waals surface area contributed by atoms with Gasteiger partial charge in [0.2, 0.25) is 0 Å². The fourth-order valence-corrected chi connectivity index (χ4v) is 4.97. The van der Waals surface area contributed by atoms with Crippen molar-refractivity contribution >= 4 is 17.2 Å². The molecular formula is C24H32N5O2+. The van der Waals surface area contributed by atoms with Gasteiger partial charge in [-0.3, -0.25) is 13.9 Å². The van der Waals surface area contributed by atoms with Crippen LogP contribution in [0.15, 0.2) is 46.0 Å². The fraction of sp³-hybridized carbons (Fsp3) is 0.458. The van der Waals surface area contributed by atoms with Crippen LogP contribution < -0.4 is 16.1 Å². The van der Waals surface area contributed by atoms with Crippen molar-refractivity contribution in [1.82, 2.24) is 18.7 Å². The van der Waals surface area contributed by atoms with Crippen molar-refractivity contribution in [3.05, 3.63) is 68.6 Å². The van der Waals surface area contributed by atoms with Crippen molar-refractivity contribution in [3.63, 3.8) is 0 Å². The molecule has 7 heteroatoms. The molecule has 3 aromatic rings. The van der Waals surface area contributed by atoms with Gasteiger partial charge >= 0.3 is 5.69 Å². The van der Waals surface area contributed by atoms with E-state index in [1.807, 2.05) is 34.9 Å². The van der Waals surface area contributed by atoms with E-state index in [0.29, 0.717) is 29.5 Å². The van der Waals surface area contributed by atoms with Gasteiger partial charge in [0.1, 0.15) is 6.54 Å². The van der Waals surface area contributed by atoms with Crippen molar-refractivity contribution in [2.24, 2.45) is 25.9 Å². The zero-order valence-corrected chi connectivity index (χ0v) is 18.8. The van der Waals surface area contributed by atoms with Crippen LogP contribution in [0.5, 0.6) is 0 Å². The number of quaternary nitrogens is 1. The van der Waals surface area contributed by atoms with Gasteiger partial charge in [0.05, 0.1) is 13.1 Å². The third kappa shape index (κ3) is 4.28. The highest BCUT2D eigenvalue weighted by Crippen LogP contribution is 2.15. The normalized spacial score (nSPS) is 21.9. The summed E-state index contributed by atoms with van der Waals surface area (Å²) < 4.78 is 4.64. The number of nitrogens with one attached hydrogen (secondary N) is 1. The minimum absolute atomic E-state index is 0.291. The first kappa shape index (κ1) is 21.3. The van der Waals surface area contributed by atoms with Crippen molar-refractivity contribution in [1.29, 1.82) is 0 Å². The van der Waals surface area contributed by atoms with Gasteiger partial charge in [0.25, 0.3) is 5.56 Å². The molecule has 0 saturated carbocycles. The lowest BCUT2D eigenvalue weighted by molar-refractivity contribution is -0.926. The number of allylic oxidation sites excluding steroid dienone is 1. The molecule has 2 unspecified atom stereocenters. The summed E-state index contributed by atoms with van der Waals surface area (Å²) in [6.07, 6.45) is 5.37. The average Bonchev–Trinajstić information content (AvgIpc) is 3.09. The second-order valence-corrected chi connectivity index (χ2v) is 9.11. The average molecular weight is 423 g/mol. The minimum atomic E-state index is -0.346. The van der Waals surface area contributed by atoms with Crippen molar-refractivity contribution in [3.8, 4) is 0 Å². The van der Waals surface area contributed by atoms with E-state index in [1.165, 1.54) is 27.5 Å². The zero-order valence-electron chi connectivity index (χ0n) is 18.8. The first-order valence-electron chi connectivity index (χ1n) is 11.1. The second-order valence-electron chi connectivity index (χ2n) is 9.11. The first-order valence-corrected chi connectivity index (χ1v) is 11.1. The van der Waals surface area contributed by atoms with Gasteiger partial charge in [-0.05, 0) is 12.0 Å². The lowest BCUT2D eigenvalue weighted by atomic mass is 9.92. The van der Waals surface area contributed by atoms with Crippen LogP contribution in [0.25, 0.3) is 17.2 Å². The number of nitrogens with zero attached hydrogens (tertiary/aromatic N) is 4. The van der Waals surface area contributed by atoms with E-state index in [1.54, 1.807) is 7.05 Å². The minimum Gasteiger partial charge on any atom is -0.328 e. The Kier molecular flexibility index (Phi) is 5.96. The monoisotopic (exact) mass is 422 g/mol. The molecule has 0 amide bonds. The van der Waals surface area contributed by atoms with Crippen molar-refractivity contribution < 1.29 is 4.90 Å². The number of rotatable bonds is 5. The predicted molar refractivity (Wildman–Crippen MR) is 123 cm³/mol. The molecule has 4 rings (SSSR count). The summed E-state index contributed by atoms with van der Waals surface area (Å²) in [5, 5.41) is 0. The van der Waals surface area contributed by atoms with Crippen LogP contribution >= 0.6 is 0 Å². The number of fused-ring (bicyclic) bond motifs is 1. The van der Waals surface area contributed by atoms with Crippen LogP contribution in [-0.4, -0.2) is 31.8 Å². The molecule has 7 nitrogen and oxygen atoms in total. The molecule has 0 aliphatic carbocycles. The van der Waals surface area contributed by atoms with Crippen LogP contribution in [0.3, 0.4) is 0 Å². The Morgan fingerprint density at radius 3 is 2.42 bits per heavy atom. The second kappa shape index (κ2) is 8.67. The molecule has 0 spiro atoms. The van der Waals surface area contributed by atoms with Crippen molar-refractivity contribution in [2.45, 2.75) is 33.4 Å². The van der Waals surface area contributed by atoms with Gasteiger partial charge in [-0.25, -0.2) is 9.78 Å². The van der Waals surface area contributed by atoms with E-state index < -0.39 is 0 Å². The summed E-state index contributed by atoms with van der Waals surface area (Å²) in [6.45, 7) is 8.10. The number of hydrogen-bond acceptors (Lipinski definition) is 3. The fourth-order valence-electron chi connectivity index (χ4n) is 4.97. The van der Waals surface area contributed by atoms with E-state index in [9.17, 15) is 9.59 Å². The van der Waals surface area contributed by atoms with Crippen molar-refractivity contribution in [2.75, 3.05) is 13.1 Å². The number of aryl methyl sites for hydroxylation is 1. The van der Waals surface area contributed by atoms with Crippen LogP contribution in [0.1, 0.15) is 31.7 Å². The summed E-state index contributed by atoms with van der Waals surface area (Å²) in [6, 6.07) is 10.1. The molecule has 31 heavy (non-hydrogen) atoms. The maximum Gasteiger partial charge on any atom is 0.332 e. The topological polar surface area (TPSA) is 66.3 Å². The number of hydrogen-bond donors (Lipinski definition) is 1. The highest BCUT2D eigenvalue weighted by molar-refractivity contribution is 5.71. The Morgan fingerprint density at radius 2 is 1.74 bits per heavy atom. The third-order valence-corrected chi connectivity index (χ3v) is 6.31. The lowest BCUT2D eigenvalue weighted by Gasteiger charge is -2.31. The Hall–Kier alpha value is -2.93. The van der Waals surface area contributed by atoms with Gasteiger partial charge in [-0.15, -0.1) is 0 Å². The predicted octanol–water partition coefficient (Wildman–Crippen LogP) is 1.21. The Bertz CT molecular complexity index is 1210. The molecule has 1 aromatic carbocycles. The number of aromatic nitrogens is 4. The van der Waals surface area contributed by atoms with E-state index in [-0.39, 0.29) is 11.2 Å². The number of likely N-dealkylation sites (tertiary alicyclic amines) is 1. The first-order chi connectivity index (χ1) is 14.8. The van der Waals surface area contributed by atoms with Gasteiger partial charge in [0.15, 0.2) is 17.0 Å². The molecule has 0 radical (unpaired) electrons. The molecule has 164 valence electrons. The maximum absolute atomic E-state index is 13.0. The number of imidazole rings is 1. The molecule has 1 N–H and O–H groups in total. The highest BCUT2D eigenvalue weighted by Gasteiger charge is 2.28. The highest BCUT2D eigenvalue weighted by atomic mass is 16.2. The van der Waals surface area contributed by atoms with Gasteiger partial charge in [0, 0.05) is 32.5 Å². The van der Waals surface area contributed by atoms with E-state index in [4.69, 9.17) is 4.98 Å². The molecule has 1 saturated heterocycles. The van der Waals surface area contributed by atoms with Crippen LogP contribution in [0.4, 0.5) is 0 Å². The Balaban J connectivity index is 1.76. The number of piperidine rings is 1. The quantitative estimate of drug-likeness (QED) is 0.672. The summed E-state index contributed by atoms with van der Waals surface area (Å²) in [5.41, 5.74) is 1.43. The molecule has 3 heterocycles. The smallest absolute Gasteiger partial charge is 0.328 e. The standard InChI is InChI=1S/C24H31N5O2/c1-17-13-18(2)15-28(14-17)16-20-25-22-21(23(30)27(4)24(31)26(22)3)29(20)12-8-11-19-9-6-5-7-10-19/h5-11,17-18H,12-16H2,1-4H3/p+1. The number of benzene rings is 1. The summed E-state index contributed by atoms with van der Waals surface area (Å²) in [4.78, 5) is 31.8. The molecule has 2 aromatic heterocycles. The molecule has 0 bridgehead atoms. The third-order valence-electron chi connectivity index (χ3n) is 6.31. The largest absolute Gasteiger partial charge is 0.332 e. The summed E-state index contributed by atoms with van der Waals surface area (Å²) in [7, 11) is 3.21. The SMILES string of the molecule is CC1CC(C)C[NH+](Cc2nc3c(c(=O)n(C)c(=O)n3C)n2CC=Cc2ccccc2)C1. The maximum atomic E-state index is 13.0. The van der Waals surface area contributed by atoms with E-state index in [2.05, 4.69) is 26.0 Å². The Morgan fingerprint density at radius 1 is 1.06 bits per heavy atom. The summed E-state index contributed by atoms with van der Waals surface area (Å²) >= 11 is 0. The lowest BCUT2D eigenvalue weighted by Crippen LogP contribution is -3.13. The van der Waals surface area contributed by atoms with Gasteiger partial charge in [-0.2, -0.15) is 0 Å². The molecule has 2 atom stereocenters.